The molecule has 0 amide bonds. The molecule has 0 radical (unpaired) electrons. The molecule has 3 N–H and O–H groups in total. The molecule has 2 aromatic rings. The van der Waals surface area contributed by atoms with Crippen LogP contribution in [-0.2, 0) is 7.05 Å². The number of nitrogens with two attached hydrogens (primary N) is 1. The molecule has 0 aromatic carbocycles. The lowest BCUT2D eigenvalue weighted by molar-refractivity contribution is 0.771. The highest BCUT2D eigenvalue weighted by molar-refractivity contribution is 5.53. The van der Waals surface area contributed by atoms with E-state index in [9.17, 15) is 0 Å². The first-order chi connectivity index (χ1) is 6.74. The molecule has 0 aliphatic rings. The third-order valence-electron chi connectivity index (χ3n) is 1.66. The zero-order valence-electron chi connectivity index (χ0n) is 7.68. The SMILES string of the molecule is Cn1ccc(Nc2cc(N)ncn2)n1. The summed E-state index contributed by atoms with van der Waals surface area (Å²) in [6.07, 6.45) is 3.24. The summed E-state index contributed by atoms with van der Waals surface area (Å²) >= 11 is 0. The molecule has 0 spiro atoms. The molecule has 0 saturated heterocycles. The first-order valence-corrected chi connectivity index (χ1v) is 4.08. The average molecular weight is 190 g/mol. The molecule has 0 bridgehead atoms. The van der Waals surface area contributed by atoms with E-state index in [4.69, 9.17) is 5.73 Å². The Morgan fingerprint density at radius 1 is 1.36 bits per heavy atom. The van der Waals surface area contributed by atoms with E-state index in [2.05, 4.69) is 20.4 Å². The van der Waals surface area contributed by atoms with Gasteiger partial charge in [0.15, 0.2) is 5.82 Å². The van der Waals surface area contributed by atoms with Gasteiger partial charge in [-0.1, -0.05) is 0 Å². The number of aromatic nitrogens is 4. The third kappa shape index (κ3) is 1.79. The van der Waals surface area contributed by atoms with Crippen LogP contribution in [0.5, 0.6) is 0 Å². The summed E-state index contributed by atoms with van der Waals surface area (Å²) in [6.45, 7) is 0. The Labute approximate surface area is 80.8 Å². The van der Waals surface area contributed by atoms with Crippen molar-refractivity contribution in [3.05, 3.63) is 24.7 Å². The zero-order valence-corrected chi connectivity index (χ0v) is 7.68. The molecule has 0 aliphatic carbocycles. The quantitative estimate of drug-likeness (QED) is 0.722. The van der Waals surface area contributed by atoms with Crippen molar-refractivity contribution in [1.82, 2.24) is 19.7 Å². The molecule has 2 aromatic heterocycles. The fourth-order valence-corrected chi connectivity index (χ4v) is 1.05. The standard InChI is InChI=1S/C8H10N6/c1-14-3-2-7(13-14)12-8-4-6(9)10-5-11-8/h2-5H,1H3,(H3,9,10,11,12,13). The summed E-state index contributed by atoms with van der Waals surface area (Å²) in [5.74, 6) is 1.79. The number of hydrogen-bond donors (Lipinski definition) is 2. The van der Waals surface area contributed by atoms with Gasteiger partial charge in [-0.05, 0) is 0 Å². The van der Waals surface area contributed by atoms with E-state index in [-0.39, 0.29) is 0 Å². The fraction of sp³-hybridized carbons (Fsp3) is 0.125. The van der Waals surface area contributed by atoms with Crippen LogP contribution in [-0.4, -0.2) is 19.7 Å². The fourth-order valence-electron chi connectivity index (χ4n) is 1.05. The molecule has 72 valence electrons. The van der Waals surface area contributed by atoms with Crippen LogP contribution in [0.25, 0.3) is 0 Å². The van der Waals surface area contributed by atoms with Gasteiger partial charge in [-0.25, -0.2) is 9.97 Å². The summed E-state index contributed by atoms with van der Waals surface area (Å²) in [5, 5.41) is 7.14. The maximum Gasteiger partial charge on any atom is 0.153 e. The monoisotopic (exact) mass is 190 g/mol. The lowest BCUT2D eigenvalue weighted by atomic mass is 10.5. The van der Waals surface area contributed by atoms with Gasteiger partial charge < -0.3 is 11.1 Å². The van der Waals surface area contributed by atoms with E-state index in [0.717, 1.165) is 5.82 Å². The van der Waals surface area contributed by atoms with Crippen LogP contribution in [0, 0.1) is 0 Å². The Balaban J connectivity index is 2.18. The van der Waals surface area contributed by atoms with Gasteiger partial charge in [0.25, 0.3) is 0 Å². The molecule has 0 aliphatic heterocycles. The second kappa shape index (κ2) is 3.33. The maximum absolute atomic E-state index is 5.50. The van der Waals surface area contributed by atoms with Gasteiger partial charge in [0.05, 0.1) is 0 Å². The minimum Gasteiger partial charge on any atom is -0.384 e. The van der Waals surface area contributed by atoms with E-state index >= 15 is 0 Å². The van der Waals surface area contributed by atoms with Gasteiger partial charge in [-0.3, -0.25) is 4.68 Å². The molecule has 6 nitrogen and oxygen atoms in total. The first kappa shape index (κ1) is 8.49. The van der Waals surface area contributed by atoms with Gasteiger partial charge in [0.1, 0.15) is 18.0 Å². The largest absolute Gasteiger partial charge is 0.384 e. The van der Waals surface area contributed by atoms with Crippen LogP contribution >= 0.6 is 0 Å². The number of aryl methyl sites for hydroxylation is 1. The Kier molecular flexibility index (Phi) is 2.02. The van der Waals surface area contributed by atoms with Gasteiger partial charge >= 0.3 is 0 Å². The highest BCUT2D eigenvalue weighted by Gasteiger charge is 1.98. The zero-order chi connectivity index (χ0) is 9.97. The van der Waals surface area contributed by atoms with Crippen molar-refractivity contribution in [3.8, 4) is 0 Å². The number of nitrogens with one attached hydrogen (secondary N) is 1. The topological polar surface area (TPSA) is 81.7 Å². The van der Waals surface area contributed by atoms with Crippen molar-refractivity contribution in [3.63, 3.8) is 0 Å². The van der Waals surface area contributed by atoms with Crippen molar-refractivity contribution in [2.24, 2.45) is 7.05 Å². The Hall–Kier alpha value is -2.11. The smallest absolute Gasteiger partial charge is 0.153 e. The predicted molar refractivity (Wildman–Crippen MR) is 52.9 cm³/mol. The van der Waals surface area contributed by atoms with Crippen molar-refractivity contribution in [2.75, 3.05) is 11.1 Å². The van der Waals surface area contributed by atoms with Crippen LogP contribution in [0.15, 0.2) is 24.7 Å². The number of nitrogens with zero attached hydrogens (tertiary/aromatic N) is 4. The van der Waals surface area contributed by atoms with Crippen LogP contribution in [0.1, 0.15) is 0 Å². The Morgan fingerprint density at radius 3 is 2.86 bits per heavy atom. The number of nitrogen functional groups attached to an aromatic ring is 1. The first-order valence-electron chi connectivity index (χ1n) is 4.08. The van der Waals surface area contributed by atoms with Gasteiger partial charge in [-0.15, -0.1) is 0 Å². The van der Waals surface area contributed by atoms with E-state index in [0.29, 0.717) is 11.6 Å². The summed E-state index contributed by atoms with van der Waals surface area (Å²) in [5.41, 5.74) is 5.50. The van der Waals surface area contributed by atoms with E-state index in [1.165, 1.54) is 6.33 Å². The Morgan fingerprint density at radius 2 is 2.21 bits per heavy atom. The molecule has 6 heteroatoms. The number of rotatable bonds is 2. The van der Waals surface area contributed by atoms with Crippen LogP contribution < -0.4 is 11.1 Å². The minimum absolute atomic E-state index is 0.429. The molecule has 0 atom stereocenters. The number of anilines is 3. The third-order valence-corrected chi connectivity index (χ3v) is 1.66. The normalized spacial score (nSPS) is 10.1. The molecule has 0 unspecified atom stereocenters. The highest BCUT2D eigenvalue weighted by atomic mass is 15.3. The van der Waals surface area contributed by atoms with Gasteiger partial charge in [0.2, 0.25) is 0 Å². The van der Waals surface area contributed by atoms with Crippen LogP contribution in [0.4, 0.5) is 17.5 Å². The molecular weight excluding hydrogens is 180 g/mol. The summed E-state index contributed by atoms with van der Waals surface area (Å²) in [4.78, 5) is 7.78. The van der Waals surface area contributed by atoms with Crippen molar-refractivity contribution in [1.29, 1.82) is 0 Å². The summed E-state index contributed by atoms with van der Waals surface area (Å²) < 4.78 is 1.70. The lowest BCUT2D eigenvalue weighted by Crippen LogP contribution is -1.98. The van der Waals surface area contributed by atoms with E-state index < -0.39 is 0 Å². The lowest BCUT2D eigenvalue weighted by Gasteiger charge is -2.00. The maximum atomic E-state index is 5.50. The second-order valence-electron chi connectivity index (χ2n) is 2.83. The van der Waals surface area contributed by atoms with Crippen LogP contribution in [0.3, 0.4) is 0 Å². The second-order valence-corrected chi connectivity index (χ2v) is 2.83. The van der Waals surface area contributed by atoms with Gasteiger partial charge in [-0.2, -0.15) is 5.10 Å². The van der Waals surface area contributed by atoms with E-state index in [1.54, 1.807) is 10.7 Å². The Bertz CT molecular complexity index is 435. The molecule has 2 heterocycles. The van der Waals surface area contributed by atoms with E-state index in [1.807, 2.05) is 19.3 Å². The molecular formula is C8H10N6. The van der Waals surface area contributed by atoms with Crippen molar-refractivity contribution < 1.29 is 0 Å². The summed E-state index contributed by atoms with van der Waals surface area (Å²) in [6, 6.07) is 3.49. The van der Waals surface area contributed by atoms with Crippen molar-refractivity contribution >= 4 is 17.5 Å². The molecule has 0 saturated carbocycles. The van der Waals surface area contributed by atoms with Crippen molar-refractivity contribution in [2.45, 2.75) is 0 Å². The minimum atomic E-state index is 0.429. The predicted octanol–water partition coefficient (Wildman–Crippen LogP) is 0.536. The average Bonchev–Trinajstić information content (AvgIpc) is 2.51. The molecule has 2 rings (SSSR count). The molecule has 0 fully saturated rings. The molecule has 14 heavy (non-hydrogen) atoms. The number of hydrogen-bond acceptors (Lipinski definition) is 5. The highest BCUT2D eigenvalue weighted by Crippen LogP contribution is 2.11. The van der Waals surface area contributed by atoms with Gasteiger partial charge in [0, 0.05) is 25.4 Å². The van der Waals surface area contributed by atoms with Crippen LogP contribution in [0.2, 0.25) is 0 Å². The summed E-state index contributed by atoms with van der Waals surface area (Å²) in [7, 11) is 1.85.